The summed E-state index contributed by atoms with van der Waals surface area (Å²) in [6, 6.07) is 8.04. The average molecular weight is 390 g/mol. The molecule has 1 aromatic heterocycles. The molecule has 0 spiro atoms. The van der Waals surface area contributed by atoms with Gasteiger partial charge in [-0.1, -0.05) is 37.3 Å². The van der Waals surface area contributed by atoms with E-state index in [-0.39, 0.29) is 29.6 Å². The summed E-state index contributed by atoms with van der Waals surface area (Å²) in [7, 11) is 0. The molecule has 2 aliphatic rings. The molecule has 0 unspecified atom stereocenters. The first-order valence-electron chi connectivity index (χ1n) is 9.75. The molecule has 1 aromatic carbocycles. The second-order valence-electron chi connectivity index (χ2n) is 7.85. The Hall–Kier alpha value is -1.70. The fourth-order valence-electron chi connectivity index (χ4n) is 4.71. The zero-order valence-corrected chi connectivity index (χ0v) is 16.5. The number of carbonyl (C=O) groups is 1. The number of anilines is 1. The maximum absolute atomic E-state index is 12.8. The van der Waals surface area contributed by atoms with Crippen LogP contribution in [-0.2, 0) is 4.79 Å². The second-order valence-corrected chi connectivity index (χ2v) is 8.86. The molecule has 6 atom stereocenters. The number of benzene rings is 1. The lowest BCUT2D eigenvalue weighted by Crippen LogP contribution is -2.55. The summed E-state index contributed by atoms with van der Waals surface area (Å²) in [4.78, 5) is 19.7. The Labute approximate surface area is 163 Å². The smallest absolute Gasteiger partial charge is 0.223 e. The van der Waals surface area contributed by atoms with E-state index < -0.39 is 12.2 Å². The Morgan fingerprint density at radius 1 is 1.26 bits per heavy atom. The summed E-state index contributed by atoms with van der Waals surface area (Å²) < 4.78 is 1.13. The molecule has 27 heavy (non-hydrogen) atoms. The van der Waals surface area contributed by atoms with E-state index in [0.29, 0.717) is 19.6 Å². The number of thiazole rings is 1. The zero-order chi connectivity index (χ0) is 19.1. The van der Waals surface area contributed by atoms with Crippen LogP contribution < -0.4 is 10.2 Å². The lowest BCUT2D eigenvalue weighted by atomic mass is 9.65. The average Bonchev–Trinajstić information content (AvgIpc) is 3.29. The number of amides is 1. The second kappa shape index (κ2) is 7.37. The zero-order valence-electron chi connectivity index (χ0n) is 15.7. The van der Waals surface area contributed by atoms with Crippen molar-refractivity contribution in [2.24, 2.45) is 23.7 Å². The fraction of sp³-hybridized carbons (Fsp3) is 0.600. The van der Waals surface area contributed by atoms with Gasteiger partial charge in [0.05, 0.1) is 22.4 Å². The third-order valence-electron chi connectivity index (χ3n) is 6.17. The topological polar surface area (TPSA) is 85.7 Å². The van der Waals surface area contributed by atoms with Crippen LogP contribution in [0.3, 0.4) is 0 Å². The van der Waals surface area contributed by atoms with Crippen LogP contribution >= 0.6 is 11.3 Å². The first-order chi connectivity index (χ1) is 13.0. The van der Waals surface area contributed by atoms with E-state index in [4.69, 9.17) is 4.98 Å². The summed E-state index contributed by atoms with van der Waals surface area (Å²) in [6.07, 6.45) is -0.803. The molecular weight excluding hydrogens is 362 g/mol. The number of para-hydroxylation sites is 1. The highest BCUT2D eigenvalue weighted by Gasteiger charge is 2.54. The van der Waals surface area contributed by atoms with Gasteiger partial charge in [0.25, 0.3) is 0 Å². The highest BCUT2D eigenvalue weighted by molar-refractivity contribution is 7.22. The van der Waals surface area contributed by atoms with Crippen molar-refractivity contribution < 1.29 is 15.0 Å². The number of rotatable bonds is 4. The number of nitrogens with zero attached hydrogens (tertiary/aromatic N) is 2. The van der Waals surface area contributed by atoms with Crippen molar-refractivity contribution in [2.75, 3.05) is 24.5 Å². The maximum Gasteiger partial charge on any atom is 0.223 e. The molecule has 2 fully saturated rings. The summed E-state index contributed by atoms with van der Waals surface area (Å²) in [6.45, 7) is 5.84. The maximum atomic E-state index is 12.8. The Kier molecular flexibility index (Phi) is 5.09. The van der Waals surface area contributed by atoms with Gasteiger partial charge in [-0.2, -0.15) is 0 Å². The molecule has 4 rings (SSSR count). The molecule has 2 heterocycles. The van der Waals surface area contributed by atoms with Crippen molar-refractivity contribution in [1.82, 2.24) is 10.3 Å². The number of aliphatic hydroxyl groups is 2. The van der Waals surface area contributed by atoms with Crippen LogP contribution in [-0.4, -0.2) is 52.9 Å². The summed E-state index contributed by atoms with van der Waals surface area (Å²) in [5, 5.41) is 25.1. The molecular formula is C20H27N3O3S. The normalized spacial score (nSPS) is 33.3. The number of aliphatic hydroxyl groups excluding tert-OH is 2. The predicted molar refractivity (Wildman–Crippen MR) is 107 cm³/mol. The Bertz CT molecular complexity index is 793. The minimum Gasteiger partial charge on any atom is -0.390 e. The molecule has 1 saturated carbocycles. The van der Waals surface area contributed by atoms with Crippen molar-refractivity contribution in [1.29, 1.82) is 0 Å². The third-order valence-corrected chi connectivity index (χ3v) is 7.27. The van der Waals surface area contributed by atoms with Gasteiger partial charge in [0.2, 0.25) is 5.91 Å². The Balaban J connectivity index is 1.61. The van der Waals surface area contributed by atoms with Crippen LogP contribution in [0.15, 0.2) is 24.3 Å². The summed E-state index contributed by atoms with van der Waals surface area (Å²) in [5.74, 6) is -0.674. The predicted octanol–water partition coefficient (Wildman–Crippen LogP) is 1.86. The van der Waals surface area contributed by atoms with Gasteiger partial charge in [-0.05, 0) is 30.4 Å². The molecule has 6 nitrogen and oxygen atoms in total. The quantitative estimate of drug-likeness (QED) is 0.743. The summed E-state index contributed by atoms with van der Waals surface area (Å²) in [5.41, 5.74) is 0.971. The van der Waals surface area contributed by atoms with Crippen molar-refractivity contribution in [3.05, 3.63) is 24.3 Å². The standard InChI is InChI=1S/C20H27N3O3S/c1-3-8-21-19(26)16-11(2)17(24)18(25)13-10-23(9-12(13)16)20-22-14-6-4-5-7-15(14)27-20/h4-7,11-13,16-18,24-25H,3,8-10H2,1-2H3,(H,21,26)/t11-,12+,13+,16+,17+,18+/m1/s1. The van der Waals surface area contributed by atoms with E-state index in [1.165, 1.54) is 0 Å². The first-order valence-corrected chi connectivity index (χ1v) is 10.6. The van der Waals surface area contributed by atoms with Gasteiger partial charge in [-0.3, -0.25) is 4.79 Å². The van der Waals surface area contributed by atoms with Gasteiger partial charge in [0.1, 0.15) is 0 Å². The van der Waals surface area contributed by atoms with E-state index in [1.54, 1.807) is 11.3 Å². The van der Waals surface area contributed by atoms with Crippen molar-refractivity contribution in [3.63, 3.8) is 0 Å². The first kappa shape index (κ1) is 18.7. The molecule has 1 aliphatic carbocycles. The lowest BCUT2D eigenvalue weighted by Gasteiger charge is -2.43. The number of hydrogen-bond acceptors (Lipinski definition) is 6. The Morgan fingerprint density at radius 3 is 2.74 bits per heavy atom. The van der Waals surface area contributed by atoms with Gasteiger partial charge in [0.15, 0.2) is 5.13 Å². The summed E-state index contributed by atoms with van der Waals surface area (Å²) >= 11 is 1.64. The minimum absolute atomic E-state index is 0.00329. The van der Waals surface area contributed by atoms with E-state index >= 15 is 0 Å². The van der Waals surface area contributed by atoms with Crippen LogP contribution in [0.2, 0.25) is 0 Å². The molecule has 1 saturated heterocycles. The monoisotopic (exact) mass is 389 g/mol. The molecule has 2 aromatic rings. The van der Waals surface area contributed by atoms with Crippen LogP contribution in [0.25, 0.3) is 10.2 Å². The van der Waals surface area contributed by atoms with E-state index in [1.807, 2.05) is 32.0 Å². The third kappa shape index (κ3) is 3.22. The number of carbonyl (C=O) groups excluding carboxylic acids is 1. The van der Waals surface area contributed by atoms with E-state index in [2.05, 4.69) is 16.3 Å². The fourth-order valence-corrected chi connectivity index (χ4v) is 5.70. The van der Waals surface area contributed by atoms with E-state index in [0.717, 1.165) is 21.8 Å². The van der Waals surface area contributed by atoms with Crippen LogP contribution in [0.4, 0.5) is 5.13 Å². The molecule has 7 heteroatoms. The van der Waals surface area contributed by atoms with Crippen LogP contribution in [0, 0.1) is 23.7 Å². The number of fused-ring (bicyclic) bond motifs is 2. The molecule has 1 amide bonds. The van der Waals surface area contributed by atoms with Gasteiger partial charge in [0, 0.05) is 31.5 Å². The number of hydrogen-bond donors (Lipinski definition) is 3. The van der Waals surface area contributed by atoms with E-state index in [9.17, 15) is 15.0 Å². The van der Waals surface area contributed by atoms with Crippen LogP contribution in [0.5, 0.6) is 0 Å². The Morgan fingerprint density at radius 2 is 2.00 bits per heavy atom. The highest BCUT2D eigenvalue weighted by atomic mass is 32.1. The highest BCUT2D eigenvalue weighted by Crippen LogP contribution is 2.45. The van der Waals surface area contributed by atoms with Crippen molar-refractivity contribution >= 4 is 32.6 Å². The SMILES string of the molecule is CCCNC(=O)[C@H]1[C@@H](C)[C@H](O)[C@@H](O)[C@H]2CN(c3nc4ccccc4s3)C[C@@H]21. The molecule has 3 N–H and O–H groups in total. The van der Waals surface area contributed by atoms with Crippen molar-refractivity contribution in [3.8, 4) is 0 Å². The largest absolute Gasteiger partial charge is 0.390 e. The minimum atomic E-state index is -0.876. The van der Waals surface area contributed by atoms with Gasteiger partial charge in [-0.15, -0.1) is 0 Å². The lowest BCUT2D eigenvalue weighted by molar-refractivity contribution is -0.145. The van der Waals surface area contributed by atoms with Gasteiger partial charge < -0.3 is 20.4 Å². The number of nitrogens with one attached hydrogen (secondary N) is 1. The van der Waals surface area contributed by atoms with Crippen LogP contribution in [0.1, 0.15) is 20.3 Å². The van der Waals surface area contributed by atoms with Gasteiger partial charge in [-0.25, -0.2) is 4.98 Å². The number of aromatic nitrogens is 1. The molecule has 1 aliphatic heterocycles. The molecule has 0 bridgehead atoms. The molecule has 0 radical (unpaired) electrons. The van der Waals surface area contributed by atoms with Gasteiger partial charge >= 0.3 is 0 Å². The van der Waals surface area contributed by atoms with Crippen molar-refractivity contribution in [2.45, 2.75) is 32.5 Å². The molecule has 146 valence electrons.